The number of thiol groups is 1. The van der Waals surface area contributed by atoms with Crippen LogP contribution in [0.15, 0.2) is 0 Å². The lowest BCUT2D eigenvalue weighted by Crippen LogP contribution is -2.13. The number of hydrogen-bond donors (Lipinski definition) is 2. The molecule has 0 saturated carbocycles. The van der Waals surface area contributed by atoms with Crippen LogP contribution in [0.5, 0.6) is 0 Å². The Labute approximate surface area is 44.7 Å². The average Bonchev–Trinajstić information content (AvgIpc) is 1.65. The molecule has 0 aliphatic heterocycles. The quantitative estimate of drug-likeness (QED) is 0.503. The molecule has 0 rings (SSSR count). The van der Waals surface area contributed by atoms with Gasteiger partial charge in [0.05, 0.1) is 0 Å². The zero-order chi connectivity index (χ0) is 4.99. The maximum absolute atomic E-state index is 3.85. The van der Waals surface area contributed by atoms with Crippen LogP contribution in [0.2, 0.25) is 0 Å². The minimum absolute atomic E-state index is 0.549. The molecule has 0 radical (unpaired) electrons. The van der Waals surface area contributed by atoms with E-state index >= 15 is 0 Å². The SMILES string of the molecule is CC[C@H](C)NS. The van der Waals surface area contributed by atoms with Gasteiger partial charge in [-0.2, -0.15) is 0 Å². The molecule has 38 valence electrons. The molecule has 0 aromatic rings. The highest BCUT2D eigenvalue weighted by molar-refractivity contribution is 7.78. The van der Waals surface area contributed by atoms with E-state index in [0.717, 1.165) is 6.42 Å². The monoisotopic (exact) mass is 105 g/mol. The predicted molar refractivity (Wildman–Crippen MR) is 31.9 cm³/mol. The van der Waals surface area contributed by atoms with Crippen molar-refractivity contribution in [3.05, 3.63) is 0 Å². The molecule has 1 atom stereocenters. The molecule has 0 spiro atoms. The van der Waals surface area contributed by atoms with Crippen LogP contribution >= 0.6 is 12.8 Å². The van der Waals surface area contributed by atoms with E-state index in [-0.39, 0.29) is 0 Å². The molecule has 0 bridgehead atoms. The first-order chi connectivity index (χ1) is 2.81. The van der Waals surface area contributed by atoms with Crippen molar-refractivity contribution < 1.29 is 0 Å². The molecule has 0 unspecified atom stereocenters. The summed E-state index contributed by atoms with van der Waals surface area (Å²) in [4.78, 5) is 0. The molecular weight excluding hydrogens is 94.1 g/mol. The summed E-state index contributed by atoms with van der Waals surface area (Å²) in [5.41, 5.74) is 0. The van der Waals surface area contributed by atoms with Gasteiger partial charge in [0.1, 0.15) is 0 Å². The molecule has 0 aromatic heterocycles. The van der Waals surface area contributed by atoms with Gasteiger partial charge in [-0.05, 0) is 13.3 Å². The molecule has 0 saturated heterocycles. The van der Waals surface area contributed by atoms with Gasteiger partial charge in [-0.25, -0.2) is 0 Å². The summed E-state index contributed by atoms with van der Waals surface area (Å²) in [5.74, 6) is 0. The number of hydrogen-bond acceptors (Lipinski definition) is 2. The summed E-state index contributed by atoms with van der Waals surface area (Å²) >= 11 is 3.85. The fraction of sp³-hybridized carbons (Fsp3) is 1.00. The van der Waals surface area contributed by atoms with Crippen molar-refractivity contribution in [1.82, 2.24) is 4.72 Å². The zero-order valence-electron chi connectivity index (χ0n) is 4.23. The topological polar surface area (TPSA) is 12.0 Å². The first-order valence-corrected chi connectivity index (χ1v) is 2.65. The highest BCUT2D eigenvalue weighted by atomic mass is 32.1. The van der Waals surface area contributed by atoms with Crippen molar-refractivity contribution in [2.75, 3.05) is 0 Å². The van der Waals surface area contributed by atoms with Gasteiger partial charge in [-0.1, -0.05) is 19.7 Å². The molecule has 1 N–H and O–H groups in total. The van der Waals surface area contributed by atoms with Crippen LogP contribution < -0.4 is 4.72 Å². The maximum Gasteiger partial charge on any atom is 0.0138 e. The Morgan fingerprint density at radius 2 is 2.33 bits per heavy atom. The minimum atomic E-state index is 0.549. The van der Waals surface area contributed by atoms with Gasteiger partial charge >= 0.3 is 0 Å². The van der Waals surface area contributed by atoms with Crippen molar-refractivity contribution in [2.24, 2.45) is 0 Å². The van der Waals surface area contributed by atoms with Crippen LogP contribution in [0.1, 0.15) is 20.3 Å². The largest absolute Gasteiger partial charge is 0.264 e. The predicted octanol–water partition coefficient (Wildman–Crippen LogP) is 1.22. The highest BCUT2D eigenvalue weighted by Crippen LogP contribution is 1.85. The molecule has 0 heterocycles. The lowest BCUT2D eigenvalue weighted by Gasteiger charge is -2.01. The van der Waals surface area contributed by atoms with Gasteiger partial charge in [0.25, 0.3) is 0 Å². The molecule has 6 heavy (non-hydrogen) atoms. The van der Waals surface area contributed by atoms with Crippen LogP contribution in [-0.2, 0) is 0 Å². The maximum atomic E-state index is 3.85. The van der Waals surface area contributed by atoms with Crippen LogP contribution in [-0.4, -0.2) is 6.04 Å². The fourth-order valence-corrected chi connectivity index (χ4v) is 0.274. The van der Waals surface area contributed by atoms with Crippen molar-refractivity contribution in [3.8, 4) is 0 Å². The third-order valence-corrected chi connectivity index (χ3v) is 1.27. The summed E-state index contributed by atoms with van der Waals surface area (Å²) in [6, 6.07) is 0.549. The Kier molecular flexibility index (Phi) is 3.68. The van der Waals surface area contributed by atoms with Crippen LogP contribution in [0.3, 0.4) is 0 Å². The van der Waals surface area contributed by atoms with Gasteiger partial charge in [0, 0.05) is 6.04 Å². The third kappa shape index (κ3) is 2.54. The van der Waals surface area contributed by atoms with E-state index in [1.54, 1.807) is 0 Å². The molecule has 1 nitrogen and oxygen atoms in total. The van der Waals surface area contributed by atoms with Crippen molar-refractivity contribution in [3.63, 3.8) is 0 Å². The first kappa shape index (κ1) is 6.31. The van der Waals surface area contributed by atoms with Gasteiger partial charge in [0.2, 0.25) is 0 Å². The van der Waals surface area contributed by atoms with E-state index in [1.165, 1.54) is 0 Å². The van der Waals surface area contributed by atoms with Gasteiger partial charge in [-0.3, -0.25) is 4.72 Å². The normalized spacial score (nSPS) is 14.5. The third-order valence-electron chi connectivity index (χ3n) is 0.833. The first-order valence-electron chi connectivity index (χ1n) is 2.20. The number of nitrogens with one attached hydrogen (secondary N) is 1. The molecule has 0 amide bonds. The average molecular weight is 105 g/mol. The second-order valence-electron chi connectivity index (χ2n) is 1.44. The Bertz CT molecular complexity index is 26.7. The van der Waals surface area contributed by atoms with E-state index in [1.807, 2.05) is 0 Å². The Morgan fingerprint density at radius 1 is 1.83 bits per heavy atom. The fourth-order valence-electron chi connectivity index (χ4n) is 0.0913. The number of rotatable bonds is 2. The van der Waals surface area contributed by atoms with Crippen molar-refractivity contribution >= 4 is 12.8 Å². The Morgan fingerprint density at radius 3 is 2.33 bits per heavy atom. The lowest BCUT2D eigenvalue weighted by molar-refractivity contribution is 0.672. The molecule has 0 aromatic carbocycles. The standard InChI is InChI=1S/C4H11NS/c1-3-4(2)5-6/h4-6H,3H2,1-2H3/t4-/m0/s1. The molecule has 0 aliphatic carbocycles. The molecule has 0 fully saturated rings. The van der Waals surface area contributed by atoms with Crippen LogP contribution in [0.25, 0.3) is 0 Å². The second-order valence-corrected chi connectivity index (χ2v) is 1.70. The summed E-state index contributed by atoms with van der Waals surface area (Å²) in [7, 11) is 0. The van der Waals surface area contributed by atoms with E-state index in [4.69, 9.17) is 0 Å². The van der Waals surface area contributed by atoms with E-state index in [0.29, 0.717) is 6.04 Å². The Hall–Kier alpha value is 0.310. The van der Waals surface area contributed by atoms with E-state index < -0.39 is 0 Å². The molecule has 2 heteroatoms. The van der Waals surface area contributed by atoms with Crippen molar-refractivity contribution in [1.29, 1.82) is 0 Å². The lowest BCUT2D eigenvalue weighted by atomic mass is 10.3. The summed E-state index contributed by atoms with van der Waals surface area (Å²) in [6.45, 7) is 4.21. The molecular formula is C4H11NS. The summed E-state index contributed by atoms with van der Waals surface area (Å²) < 4.78 is 2.81. The van der Waals surface area contributed by atoms with Gasteiger partial charge in [0.15, 0.2) is 0 Å². The van der Waals surface area contributed by atoms with Gasteiger partial charge in [-0.15, -0.1) is 0 Å². The summed E-state index contributed by atoms with van der Waals surface area (Å²) in [6.07, 6.45) is 1.14. The highest BCUT2D eigenvalue weighted by Gasteiger charge is 1.87. The Balaban J connectivity index is 2.75. The van der Waals surface area contributed by atoms with Crippen molar-refractivity contribution in [2.45, 2.75) is 26.3 Å². The minimum Gasteiger partial charge on any atom is -0.264 e. The van der Waals surface area contributed by atoms with Gasteiger partial charge < -0.3 is 0 Å². The second kappa shape index (κ2) is 3.50. The zero-order valence-corrected chi connectivity index (χ0v) is 5.13. The summed E-state index contributed by atoms with van der Waals surface area (Å²) in [5, 5.41) is 0. The smallest absolute Gasteiger partial charge is 0.0138 e. The van der Waals surface area contributed by atoms with Crippen LogP contribution in [0, 0.1) is 0 Å². The van der Waals surface area contributed by atoms with E-state index in [9.17, 15) is 0 Å². The van der Waals surface area contributed by atoms with E-state index in [2.05, 4.69) is 31.4 Å². The van der Waals surface area contributed by atoms with Crippen LogP contribution in [0.4, 0.5) is 0 Å². The molecule has 0 aliphatic rings.